The maximum absolute atomic E-state index is 12.6. The van der Waals surface area contributed by atoms with Crippen LogP contribution in [-0.2, 0) is 16.2 Å². The molecule has 31 heavy (non-hydrogen) atoms. The molecule has 6 nitrogen and oxygen atoms in total. The average Bonchev–Trinajstić information content (AvgIpc) is 3.39. The van der Waals surface area contributed by atoms with Crippen molar-refractivity contribution in [1.29, 1.82) is 0 Å². The molecule has 3 amide bonds. The summed E-state index contributed by atoms with van der Waals surface area (Å²) in [4.78, 5) is 40.2. The van der Waals surface area contributed by atoms with E-state index in [1.165, 1.54) is 0 Å². The Hall–Kier alpha value is -2.77. The van der Waals surface area contributed by atoms with Gasteiger partial charge < -0.3 is 9.64 Å². The second-order valence-corrected chi connectivity index (χ2v) is 8.71. The van der Waals surface area contributed by atoms with Crippen molar-refractivity contribution in [3.8, 4) is 5.75 Å². The van der Waals surface area contributed by atoms with Crippen LogP contribution in [0.25, 0.3) is 6.08 Å². The predicted molar refractivity (Wildman–Crippen MR) is 121 cm³/mol. The fourth-order valence-corrected chi connectivity index (χ4v) is 4.45. The number of ether oxygens (including phenoxy) is 1. The lowest BCUT2D eigenvalue weighted by atomic mass is 10.2. The highest BCUT2D eigenvalue weighted by atomic mass is 35.5. The number of imide groups is 1. The number of thioether (sulfide) groups is 1. The monoisotopic (exact) mass is 456 g/mol. The van der Waals surface area contributed by atoms with Crippen LogP contribution in [0.5, 0.6) is 5.75 Å². The Morgan fingerprint density at radius 1 is 1.06 bits per heavy atom. The van der Waals surface area contributed by atoms with E-state index in [0.29, 0.717) is 35.4 Å². The molecule has 4 rings (SSSR count). The van der Waals surface area contributed by atoms with Gasteiger partial charge in [0.1, 0.15) is 18.9 Å². The highest BCUT2D eigenvalue weighted by molar-refractivity contribution is 8.18. The topological polar surface area (TPSA) is 66.9 Å². The van der Waals surface area contributed by atoms with Crippen LogP contribution < -0.4 is 4.74 Å². The Kier molecular flexibility index (Phi) is 6.63. The molecule has 0 atom stereocenters. The van der Waals surface area contributed by atoms with Gasteiger partial charge in [0.25, 0.3) is 11.1 Å². The first kappa shape index (κ1) is 21.5. The van der Waals surface area contributed by atoms with Gasteiger partial charge in [-0.15, -0.1) is 0 Å². The summed E-state index contributed by atoms with van der Waals surface area (Å²) in [5.41, 5.74) is 1.66. The maximum atomic E-state index is 12.6. The van der Waals surface area contributed by atoms with Crippen molar-refractivity contribution in [2.45, 2.75) is 19.4 Å². The van der Waals surface area contributed by atoms with Crippen molar-refractivity contribution >= 4 is 46.5 Å². The number of nitrogens with zero attached hydrogens (tertiary/aromatic N) is 2. The summed E-state index contributed by atoms with van der Waals surface area (Å²) in [7, 11) is 0. The van der Waals surface area contributed by atoms with Gasteiger partial charge in [0, 0.05) is 23.7 Å². The predicted octanol–water partition coefficient (Wildman–Crippen LogP) is 4.58. The van der Waals surface area contributed by atoms with Crippen molar-refractivity contribution in [3.05, 3.63) is 69.6 Å². The third-order valence-electron chi connectivity index (χ3n) is 5.16. The number of hydrogen-bond acceptors (Lipinski definition) is 5. The molecule has 0 radical (unpaired) electrons. The first-order valence-electron chi connectivity index (χ1n) is 10.0. The molecule has 0 bridgehead atoms. The molecule has 2 aromatic rings. The van der Waals surface area contributed by atoms with Crippen LogP contribution in [0.1, 0.15) is 24.0 Å². The zero-order valence-electron chi connectivity index (χ0n) is 16.8. The van der Waals surface area contributed by atoms with E-state index in [2.05, 4.69) is 0 Å². The second-order valence-electron chi connectivity index (χ2n) is 7.30. The smallest absolute Gasteiger partial charge is 0.294 e. The van der Waals surface area contributed by atoms with Gasteiger partial charge in [0.2, 0.25) is 5.91 Å². The van der Waals surface area contributed by atoms with Gasteiger partial charge in [0.15, 0.2) is 0 Å². The van der Waals surface area contributed by atoms with Gasteiger partial charge in [-0.05, 0) is 54.4 Å². The number of rotatable bonds is 6. The van der Waals surface area contributed by atoms with Crippen LogP contribution in [0.2, 0.25) is 5.02 Å². The summed E-state index contributed by atoms with van der Waals surface area (Å²) >= 11 is 7.00. The molecule has 2 aromatic carbocycles. The van der Waals surface area contributed by atoms with E-state index in [9.17, 15) is 14.4 Å². The Labute approximate surface area is 189 Å². The van der Waals surface area contributed by atoms with Gasteiger partial charge in [0.05, 0.1) is 4.91 Å². The Bertz CT molecular complexity index is 1030. The van der Waals surface area contributed by atoms with E-state index in [0.717, 1.165) is 40.6 Å². The van der Waals surface area contributed by atoms with E-state index < -0.39 is 11.1 Å². The second kappa shape index (κ2) is 9.58. The van der Waals surface area contributed by atoms with Crippen molar-refractivity contribution in [3.63, 3.8) is 0 Å². The number of likely N-dealkylation sites (tertiary alicyclic amines) is 1. The molecular weight excluding hydrogens is 436 g/mol. The van der Waals surface area contributed by atoms with Crippen molar-refractivity contribution in [2.24, 2.45) is 0 Å². The van der Waals surface area contributed by atoms with Gasteiger partial charge >= 0.3 is 0 Å². The van der Waals surface area contributed by atoms with Gasteiger partial charge in [-0.2, -0.15) is 0 Å². The van der Waals surface area contributed by atoms with Crippen LogP contribution >= 0.6 is 23.4 Å². The first-order chi connectivity index (χ1) is 15.0. The van der Waals surface area contributed by atoms with Gasteiger partial charge in [-0.3, -0.25) is 19.3 Å². The zero-order valence-corrected chi connectivity index (χ0v) is 18.3. The average molecular weight is 457 g/mol. The third-order valence-corrected chi connectivity index (χ3v) is 6.43. The molecule has 0 unspecified atom stereocenters. The lowest BCUT2D eigenvalue weighted by Crippen LogP contribution is -2.40. The highest BCUT2D eigenvalue weighted by Crippen LogP contribution is 2.32. The summed E-state index contributed by atoms with van der Waals surface area (Å²) in [6, 6.07) is 14.7. The molecule has 0 spiro atoms. The number of amides is 3. The third kappa shape index (κ3) is 5.11. The molecule has 2 saturated heterocycles. The summed E-state index contributed by atoms with van der Waals surface area (Å²) < 4.78 is 5.76. The molecule has 2 heterocycles. The molecule has 2 aliphatic rings. The van der Waals surface area contributed by atoms with Crippen LogP contribution in [0.3, 0.4) is 0 Å². The molecule has 8 heteroatoms. The van der Waals surface area contributed by atoms with E-state index in [1.54, 1.807) is 23.1 Å². The van der Waals surface area contributed by atoms with Crippen LogP contribution in [0.4, 0.5) is 4.79 Å². The Morgan fingerprint density at radius 3 is 2.48 bits per heavy atom. The van der Waals surface area contributed by atoms with Gasteiger partial charge in [-0.1, -0.05) is 41.9 Å². The van der Waals surface area contributed by atoms with E-state index in [4.69, 9.17) is 16.3 Å². The fraction of sp³-hybridized carbons (Fsp3) is 0.261. The number of carbonyl (C=O) groups excluding carboxylic acids is 3. The summed E-state index contributed by atoms with van der Waals surface area (Å²) in [6.07, 6.45) is 3.58. The van der Waals surface area contributed by atoms with Crippen molar-refractivity contribution in [1.82, 2.24) is 9.80 Å². The molecule has 160 valence electrons. The van der Waals surface area contributed by atoms with Crippen molar-refractivity contribution < 1.29 is 19.1 Å². The van der Waals surface area contributed by atoms with Crippen molar-refractivity contribution in [2.75, 3.05) is 19.6 Å². The number of halogens is 1. The van der Waals surface area contributed by atoms with Gasteiger partial charge in [-0.25, -0.2) is 0 Å². The zero-order chi connectivity index (χ0) is 21.8. The number of carbonyl (C=O) groups is 3. The molecule has 2 fully saturated rings. The molecule has 0 aliphatic carbocycles. The minimum Gasteiger partial charge on any atom is -0.489 e. The number of hydrogen-bond donors (Lipinski definition) is 0. The molecule has 0 aromatic heterocycles. The largest absolute Gasteiger partial charge is 0.489 e. The quantitative estimate of drug-likeness (QED) is 0.595. The standard InChI is InChI=1S/C23H21ClN2O4S/c24-19-6-2-1-5-17(19)15-30-18-9-7-16(8-10-18)13-20-22(28)26(23(29)31-20)14-21(27)25-11-3-4-12-25/h1-2,5-10,13H,3-4,11-12,14-15H2/b20-13-. The highest BCUT2D eigenvalue weighted by Gasteiger charge is 2.37. The molecular formula is C23H21ClN2O4S. The minimum atomic E-state index is -0.429. The van der Waals surface area contributed by atoms with Crippen LogP contribution in [0, 0.1) is 0 Å². The summed E-state index contributed by atoms with van der Waals surface area (Å²) in [5, 5.41) is 0.238. The maximum Gasteiger partial charge on any atom is 0.294 e. The van der Waals surface area contributed by atoms with E-state index in [1.807, 2.05) is 36.4 Å². The summed E-state index contributed by atoms with van der Waals surface area (Å²) in [6.45, 7) is 1.53. The minimum absolute atomic E-state index is 0.180. The molecule has 2 aliphatic heterocycles. The van der Waals surface area contributed by atoms with Crippen LogP contribution in [-0.4, -0.2) is 46.5 Å². The normalized spacial score (nSPS) is 17.6. The SMILES string of the molecule is O=C(CN1C(=O)S/C(=C\c2ccc(OCc3ccccc3Cl)cc2)C1=O)N1CCCC1. The number of benzene rings is 2. The lowest BCUT2D eigenvalue weighted by Gasteiger charge is -2.18. The van der Waals surface area contributed by atoms with E-state index in [-0.39, 0.29) is 12.5 Å². The lowest BCUT2D eigenvalue weighted by molar-refractivity contribution is -0.135. The summed E-state index contributed by atoms with van der Waals surface area (Å²) in [5.74, 6) is 0.0593. The van der Waals surface area contributed by atoms with E-state index >= 15 is 0 Å². The van der Waals surface area contributed by atoms with Crippen LogP contribution in [0.15, 0.2) is 53.4 Å². The Morgan fingerprint density at radius 2 is 1.77 bits per heavy atom. The molecule has 0 saturated carbocycles. The fourth-order valence-electron chi connectivity index (χ4n) is 3.43. The molecule has 0 N–H and O–H groups in total. The Balaban J connectivity index is 1.38. The first-order valence-corrected chi connectivity index (χ1v) is 11.2.